The van der Waals surface area contributed by atoms with Gasteiger partial charge in [0.15, 0.2) is 0 Å². The minimum absolute atomic E-state index is 0.0537. The van der Waals surface area contributed by atoms with Crippen molar-refractivity contribution in [3.05, 3.63) is 17.9 Å². The number of hydrogen-bond donors (Lipinski definition) is 1. The Morgan fingerprint density at radius 3 is 2.35 bits per heavy atom. The number of amides is 1. The zero-order chi connectivity index (χ0) is 17.2. The van der Waals surface area contributed by atoms with Crippen LogP contribution >= 0.6 is 0 Å². The molecule has 0 radical (unpaired) electrons. The molecule has 1 aliphatic rings. The highest BCUT2D eigenvalue weighted by molar-refractivity contribution is 5.69. The lowest BCUT2D eigenvalue weighted by Crippen LogP contribution is -2.50. The number of piperazine rings is 1. The van der Waals surface area contributed by atoms with Crippen LogP contribution in [0.2, 0.25) is 0 Å². The molecule has 0 aliphatic carbocycles. The lowest BCUT2D eigenvalue weighted by atomic mass is 10.2. The predicted octanol–water partition coefficient (Wildman–Crippen LogP) is 2.47. The Hall–Kier alpha value is -2.18. The Bertz CT molecular complexity index is 579. The molecule has 1 amide bonds. The van der Waals surface area contributed by atoms with Gasteiger partial charge in [-0.1, -0.05) is 0 Å². The standard InChI is InChI=1S/C16H24FN3O3/c1-16(2,3)23-15(21)20-7-5-19(6-8-20)13-9-11(17)12(18)10-14(13)22-4/h9-10H,5-8,18H2,1-4H3. The molecule has 128 valence electrons. The van der Waals surface area contributed by atoms with Crippen LogP contribution in [0.3, 0.4) is 0 Å². The molecule has 6 nitrogen and oxygen atoms in total. The molecule has 1 saturated heterocycles. The van der Waals surface area contributed by atoms with E-state index in [1.807, 2.05) is 25.7 Å². The lowest BCUT2D eigenvalue weighted by Gasteiger charge is -2.37. The van der Waals surface area contributed by atoms with E-state index in [0.29, 0.717) is 37.6 Å². The number of ether oxygens (including phenoxy) is 2. The second kappa shape index (κ2) is 6.52. The summed E-state index contributed by atoms with van der Waals surface area (Å²) >= 11 is 0. The Morgan fingerprint density at radius 2 is 1.83 bits per heavy atom. The van der Waals surface area contributed by atoms with Gasteiger partial charge in [-0.05, 0) is 20.8 Å². The quantitative estimate of drug-likeness (QED) is 0.846. The maximum atomic E-state index is 13.7. The normalized spacial score (nSPS) is 15.5. The van der Waals surface area contributed by atoms with Crippen molar-refractivity contribution in [1.82, 2.24) is 4.90 Å². The first kappa shape index (κ1) is 17.2. The minimum Gasteiger partial charge on any atom is -0.495 e. The van der Waals surface area contributed by atoms with Crippen LogP contribution in [0.25, 0.3) is 0 Å². The fraction of sp³-hybridized carbons (Fsp3) is 0.562. The predicted molar refractivity (Wildman–Crippen MR) is 87.4 cm³/mol. The van der Waals surface area contributed by atoms with Crippen LogP contribution < -0.4 is 15.4 Å². The van der Waals surface area contributed by atoms with Crippen LogP contribution in [0.5, 0.6) is 5.75 Å². The largest absolute Gasteiger partial charge is 0.495 e. The lowest BCUT2D eigenvalue weighted by molar-refractivity contribution is 0.0240. The molecule has 0 spiro atoms. The second-order valence-corrected chi connectivity index (χ2v) is 6.50. The van der Waals surface area contributed by atoms with Crippen LogP contribution in [0.4, 0.5) is 20.6 Å². The molecule has 1 fully saturated rings. The van der Waals surface area contributed by atoms with E-state index < -0.39 is 11.4 Å². The molecule has 2 rings (SSSR count). The van der Waals surface area contributed by atoms with Gasteiger partial charge in [0.25, 0.3) is 0 Å². The molecule has 1 aromatic carbocycles. The maximum Gasteiger partial charge on any atom is 0.410 e. The van der Waals surface area contributed by atoms with E-state index in [9.17, 15) is 9.18 Å². The molecule has 2 N–H and O–H groups in total. The number of anilines is 2. The SMILES string of the molecule is COc1cc(N)c(F)cc1N1CCN(C(=O)OC(C)(C)C)CC1. The molecule has 1 heterocycles. The van der Waals surface area contributed by atoms with Crippen LogP contribution in [-0.2, 0) is 4.74 Å². The van der Waals surface area contributed by atoms with Gasteiger partial charge in [0.2, 0.25) is 0 Å². The van der Waals surface area contributed by atoms with Crippen molar-refractivity contribution in [2.75, 3.05) is 43.9 Å². The average molecular weight is 325 g/mol. The number of carbonyl (C=O) groups excluding carboxylic acids is 1. The number of nitrogens with two attached hydrogens (primary N) is 1. The summed E-state index contributed by atoms with van der Waals surface area (Å²) in [4.78, 5) is 15.7. The summed E-state index contributed by atoms with van der Waals surface area (Å²) in [5, 5.41) is 0. The van der Waals surface area contributed by atoms with Crippen LogP contribution in [0, 0.1) is 5.82 Å². The van der Waals surface area contributed by atoms with Gasteiger partial charge in [-0.2, -0.15) is 0 Å². The summed E-state index contributed by atoms with van der Waals surface area (Å²) in [5.74, 6) is 0.0463. The molecule has 0 aromatic heterocycles. The van der Waals surface area contributed by atoms with Crippen molar-refractivity contribution in [2.24, 2.45) is 0 Å². The minimum atomic E-state index is -0.516. The first-order valence-electron chi connectivity index (χ1n) is 7.57. The Kier molecular flexibility index (Phi) is 4.87. The third kappa shape index (κ3) is 4.18. The molecule has 0 saturated carbocycles. The average Bonchev–Trinajstić information content (AvgIpc) is 2.48. The fourth-order valence-corrected chi connectivity index (χ4v) is 2.43. The number of nitrogens with zero attached hydrogens (tertiary/aromatic N) is 2. The highest BCUT2D eigenvalue weighted by Crippen LogP contribution is 2.33. The summed E-state index contributed by atoms with van der Waals surface area (Å²) in [5.41, 5.74) is 5.75. The van der Waals surface area contributed by atoms with E-state index >= 15 is 0 Å². The molecule has 23 heavy (non-hydrogen) atoms. The van der Waals surface area contributed by atoms with Gasteiger partial charge in [0, 0.05) is 38.3 Å². The number of methoxy groups -OCH3 is 1. The van der Waals surface area contributed by atoms with Crippen molar-refractivity contribution in [3.8, 4) is 5.75 Å². The third-order valence-corrected chi connectivity index (χ3v) is 3.57. The maximum absolute atomic E-state index is 13.7. The summed E-state index contributed by atoms with van der Waals surface area (Å²) in [6.45, 7) is 7.65. The van der Waals surface area contributed by atoms with Crippen molar-refractivity contribution in [1.29, 1.82) is 0 Å². The zero-order valence-corrected chi connectivity index (χ0v) is 14.1. The van der Waals surface area contributed by atoms with Crippen molar-refractivity contribution in [3.63, 3.8) is 0 Å². The molecule has 1 aromatic rings. The van der Waals surface area contributed by atoms with E-state index in [2.05, 4.69) is 0 Å². The zero-order valence-electron chi connectivity index (χ0n) is 14.1. The Morgan fingerprint density at radius 1 is 1.22 bits per heavy atom. The van der Waals surface area contributed by atoms with Crippen LogP contribution in [0.15, 0.2) is 12.1 Å². The van der Waals surface area contributed by atoms with Crippen LogP contribution in [-0.4, -0.2) is 49.9 Å². The van der Waals surface area contributed by atoms with Gasteiger partial charge < -0.3 is 25.0 Å². The molecule has 0 atom stereocenters. The second-order valence-electron chi connectivity index (χ2n) is 6.50. The fourth-order valence-electron chi connectivity index (χ4n) is 2.43. The van der Waals surface area contributed by atoms with Crippen LogP contribution in [0.1, 0.15) is 20.8 Å². The smallest absolute Gasteiger partial charge is 0.410 e. The molecular weight excluding hydrogens is 301 g/mol. The highest BCUT2D eigenvalue weighted by atomic mass is 19.1. The number of benzene rings is 1. The van der Waals surface area contributed by atoms with Crippen molar-refractivity contribution in [2.45, 2.75) is 26.4 Å². The molecule has 1 aliphatic heterocycles. The Balaban J connectivity index is 2.05. The van der Waals surface area contributed by atoms with Gasteiger partial charge >= 0.3 is 6.09 Å². The van der Waals surface area contributed by atoms with Gasteiger partial charge in [-0.3, -0.25) is 0 Å². The first-order valence-corrected chi connectivity index (χ1v) is 7.57. The first-order chi connectivity index (χ1) is 10.7. The van der Waals surface area contributed by atoms with Gasteiger partial charge in [0.05, 0.1) is 18.5 Å². The number of carbonyl (C=O) groups is 1. The van der Waals surface area contributed by atoms with E-state index in [1.54, 1.807) is 4.90 Å². The molecular formula is C16H24FN3O3. The van der Waals surface area contributed by atoms with Gasteiger partial charge in [-0.15, -0.1) is 0 Å². The van der Waals surface area contributed by atoms with Crippen molar-refractivity contribution < 1.29 is 18.7 Å². The summed E-state index contributed by atoms with van der Waals surface area (Å²) in [6, 6.07) is 2.85. The van der Waals surface area contributed by atoms with E-state index in [1.165, 1.54) is 19.2 Å². The van der Waals surface area contributed by atoms with E-state index in [-0.39, 0.29) is 11.8 Å². The van der Waals surface area contributed by atoms with Gasteiger partial charge in [0.1, 0.15) is 17.2 Å². The summed E-state index contributed by atoms with van der Waals surface area (Å²) in [7, 11) is 1.52. The number of rotatable bonds is 2. The molecule has 7 heteroatoms. The van der Waals surface area contributed by atoms with Crippen molar-refractivity contribution >= 4 is 17.5 Å². The van der Waals surface area contributed by atoms with Gasteiger partial charge in [-0.25, -0.2) is 9.18 Å². The molecule has 0 bridgehead atoms. The monoisotopic (exact) mass is 325 g/mol. The summed E-state index contributed by atoms with van der Waals surface area (Å²) < 4.78 is 24.4. The topological polar surface area (TPSA) is 68.0 Å². The number of hydrogen-bond acceptors (Lipinski definition) is 5. The summed E-state index contributed by atoms with van der Waals surface area (Å²) in [6.07, 6.45) is -0.326. The highest BCUT2D eigenvalue weighted by Gasteiger charge is 2.27. The van der Waals surface area contributed by atoms with E-state index in [0.717, 1.165) is 0 Å². The number of nitrogen functional groups attached to an aromatic ring is 1. The molecule has 0 unspecified atom stereocenters. The Labute approximate surface area is 135 Å². The third-order valence-electron chi connectivity index (χ3n) is 3.57. The number of halogens is 1. The van der Waals surface area contributed by atoms with E-state index in [4.69, 9.17) is 15.2 Å².